The van der Waals surface area contributed by atoms with Crippen LogP contribution in [0.2, 0.25) is 0 Å². The van der Waals surface area contributed by atoms with Crippen LogP contribution < -0.4 is 5.56 Å². The minimum atomic E-state index is -0.00583. The van der Waals surface area contributed by atoms with E-state index >= 15 is 0 Å². The van der Waals surface area contributed by atoms with Gasteiger partial charge in [-0.1, -0.05) is 19.1 Å². The first-order valence-electron chi connectivity index (χ1n) is 5.38. The summed E-state index contributed by atoms with van der Waals surface area (Å²) in [5.74, 6) is 0. The number of fused-ring (bicyclic) bond motifs is 1. The maximum atomic E-state index is 12.2. The summed E-state index contributed by atoms with van der Waals surface area (Å²) < 4.78 is 2.15. The van der Waals surface area contributed by atoms with Crippen molar-refractivity contribution in [2.75, 3.05) is 0 Å². The van der Waals surface area contributed by atoms with E-state index in [1.807, 2.05) is 38.1 Å². The summed E-state index contributed by atoms with van der Waals surface area (Å²) in [5.41, 5.74) is 0.797. The molecule has 1 aromatic heterocycles. The minimum absolute atomic E-state index is 0.00583. The molecule has 1 N–H and O–H groups in total. The Balaban J connectivity index is 2.87. The Labute approximate surface area is 98.7 Å². The number of aromatic nitrogens is 2. The van der Waals surface area contributed by atoms with Crippen molar-refractivity contribution in [2.45, 2.75) is 26.3 Å². The summed E-state index contributed by atoms with van der Waals surface area (Å²) in [4.78, 5) is 15.3. The molecule has 0 radical (unpaired) electrons. The Hall–Kier alpha value is -1.42. The number of hydrogen-bond donors (Lipinski definition) is 1. The first-order valence-corrected chi connectivity index (χ1v) is 5.79. The highest BCUT2D eigenvalue weighted by Crippen LogP contribution is 2.11. The van der Waals surface area contributed by atoms with Crippen LogP contribution in [0.15, 0.2) is 29.1 Å². The number of rotatable bonds is 2. The summed E-state index contributed by atoms with van der Waals surface area (Å²) in [7, 11) is 0. The van der Waals surface area contributed by atoms with E-state index in [1.165, 1.54) is 0 Å². The molecule has 1 atom stereocenters. The summed E-state index contributed by atoms with van der Waals surface area (Å²) in [6, 6.07) is 7.57. The van der Waals surface area contributed by atoms with Crippen molar-refractivity contribution in [1.29, 1.82) is 0 Å². The topological polar surface area (TPSA) is 37.8 Å². The van der Waals surface area contributed by atoms with Crippen LogP contribution in [0, 0.1) is 4.77 Å². The molecule has 0 aliphatic carbocycles. The molecule has 1 heterocycles. The van der Waals surface area contributed by atoms with Gasteiger partial charge in [0.2, 0.25) is 0 Å². The molecule has 3 nitrogen and oxygen atoms in total. The second kappa shape index (κ2) is 4.22. The van der Waals surface area contributed by atoms with Crippen LogP contribution in [-0.4, -0.2) is 9.55 Å². The number of H-pyrrole nitrogens is 1. The number of aromatic amines is 1. The highest BCUT2D eigenvalue weighted by molar-refractivity contribution is 7.71. The molecule has 0 aliphatic rings. The number of nitrogens with one attached hydrogen (secondary N) is 1. The van der Waals surface area contributed by atoms with Gasteiger partial charge < -0.3 is 4.98 Å². The highest BCUT2D eigenvalue weighted by atomic mass is 32.1. The van der Waals surface area contributed by atoms with Gasteiger partial charge in [-0.3, -0.25) is 9.36 Å². The van der Waals surface area contributed by atoms with Gasteiger partial charge in [-0.05, 0) is 37.7 Å². The Morgan fingerprint density at radius 2 is 2.12 bits per heavy atom. The minimum Gasteiger partial charge on any atom is -0.332 e. The van der Waals surface area contributed by atoms with Gasteiger partial charge in [-0.15, -0.1) is 0 Å². The Bertz CT molecular complexity index is 627. The van der Waals surface area contributed by atoms with Crippen molar-refractivity contribution in [1.82, 2.24) is 9.55 Å². The zero-order chi connectivity index (χ0) is 11.7. The molecule has 84 valence electrons. The predicted molar refractivity (Wildman–Crippen MR) is 68.4 cm³/mol. The second-order valence-electron chi connectivity index (χ2n) is 3.91. The first-order chi connectivity index (χ1) is 7.65. The fourth-order valence-electron chi connectivity index (χ4n) is 1.76. The van der Waals surface area contributed by atoms with Crippen molar-refractivity contribution in [3.05, 3.63) is 39.4 Å². The third-order valence-corrected chi connectivity index (χ3v) is 3.17. The number of benzene rings is 1. The molecule has 0 saturated heterocycles. The number of para-hydroxylation sites is 1. The summed E-state index contributed by atoms with van der Waals surface area (Å²) in [6.45, 7) is 4.04. The zero-order valence-electron chi connectivity index (χ0n) is 9.36. The molecule has 0 spiro atoms. The van der Waals surface area contributed by atoms with Crippen LogP contribution in [0.3, 0.4) is 0 Å². The third kappa shape index (κ3) is 1.69. The lowest BCUT2D eigenvalue weighted by Gasteiger charge is -2.13. The highest BCUT2D eigenvalue weighted by Gasteiger charge is 2.09. The molecule has 0 aliphatic heterocycles. The van der Waals surface area contributed by atoms with Crippen LogP contribution in [0.5, 0.6) is 0 Å². The van der Waals surface area contributed by atoms with Crippen molar-refractivity contribution in [3.63, 3.8) is 0 Å². The van der Waals surface area contributed by atoms with E-state index < -0.39 is 0 Å². The van der Waals surface area contributed by atoms with E-state index in [2.05, 4.69) is 4.98 Å². The van der Waals surface area contributed by atoms with Crippen LogP contribution in [0.4, 0.5) is 0 Å². The van der Waals surface area contributed by atoms with E-state index in [1.54, 1.807) is 4.57 Å². The van der Waals surface area contributed by atoms with Crippen molar-refractivity contribution >= 4 is 23.1 Å². The molecular weight excluding hydrogens is 220 g/mol. The maximum absolute atomic E-state index is 12.2. The first kappa shape index (κ1) is 11.1. The maximum Gasteiger partial charge on any atom is 0.262 e. The van der Waals surface area contributed by atoms with E-state index in [4.69, 9.17) is 12.2 Å². The lowest BCUT2D eigenvalue weighted by molar-refractivity contribution is 0.504. The van der Waals surface area contributed by atoms with E-state index in [-0.39, 0.29) is 11.6 Å². The third-order valence-electron chi connectivity index (χ3n) is 2.87. The Morgan fingerprint density at radius 1 is 1.44 bits per heavy atom. The van der Waals surface area contributed by atoms with Crippen LogP contribution in [-0.2, 0) is 0 Å². The fraction of sp³-hybridized carbons (Fsp3) is 0.333. The van der Waals surface area contributed by atoms with E-state index in [0.717, 1.165) is 11.9 Å². The van der Waals surface area contributed by atoms with Crippen molar-refractivity contribution in [3.8, 4) is 0 Å². The Kier molecular flexibility index (Phi) is 2.92. The largest absolute Gasteiger partial charge is 0.332 e. The lowest BCUT2D eigenvalue weighted by Crippen LogP contribution is -2.24. The molecular formula is C12H14N2OS. The number of hydrogen-bond acceptors (Lipinski definition) is 2. The average molecular weight is 234 g/mol. The fourth-order valence-corrected chi connectivity index (χ4v) is 2.13. The molecule has 0 amide bonds. The van der Waals surface area contributed by atoms with E-state index in [9.17, 15) is 4.79 Å². The van der Waals surface area contributed by atoms with Gasteiger partial charge in [0.05, 0.1) is 10.9 Å². The van der Waals surface area contributed by atoms with Crippen LogP contribution >= 0.6 is 12.2 Å². The molecule has 1 aromatic carbocycles. The van der Waals surface area contributed by atoms with Crippen LogP contribution in [0.25, 0.3) is 10.9 Å². The molecule has 0 saturated carbocycles. The summed E-state index contributed by atoms with van der Waals surface area (Å²) >= 11 is 5.22. The molecule has 2 rings (SSSR count). The van der Waals surface area contributed by atoms with Gasteiger partial charge in [0.1, 0.15) is 0 Å². The average Bonchev–Trinajstić information content (AvgIpc) is 2.28. The van der Waals surface area contributed by atoms with Crippen molar-refractivity contribution < 1.29 is 0 Å². The summed E-state index contributed by atoms with van der Waals surface area (Å²) in [5, 5.41) is 0.691. The standard InChI is InChI=1S/C12H14N2OS/c1-3-8(2)14-11(15)9-6-4-5-7-10(9)13-12(14)16/h4-8H,3H2,1-2H3,(H,13,16)/t8-/m1/s1. The van der Waals surface area contributed by atoms with Gasteiger partial charge in [0.15, 0.2) is 4.77 Å². The molecule has 0 unspecified atom stereocenters. The van der Waals surface area contributed by atoms with Crippen LogP contribution in [0.1, 0.15) is 26.3 Å². The molecule has 0 fully saturated rings. The van der Waals surface area contributed by atoms with E-state index in [0.29, 0.717) is 10.2 Å². The quantitative estimate of drug-likeness (QED) is 0.811. The SMILES string of the molecule is CC[C@@H](C)n1c(=S)[nH]c2ccccc2c1=O. The molecule has 16 heavy (non-hydrogen) atoms. The number of nitrogens with zero attached hydrogens (tertiary/aromatic N) is 1. The normalized spacial score (nSPS) is 12.9. The lowest BCUT2D eigenvalue weighted by atomic mass is 10.2. The predicted octanol–water partition coefficient (Wildman–Crippen LogP) is 3.03. The molecule has 4 heteroatoms. The van der Waals surface area contributed by atoms with Crippen molar-refractivity contribution in [2.24, 2.45) is 0 Å². The molecule has 0 bridgehead atoms. The second-order valence-corrected chi connectivity index (χ2v) is 4.29. The van der Waals surface area contributed by atoms with Gasteiger partial charge in [0, 0.05) is 6.04 Å². The molecule has 2 aromatic rings. The monoisotopic (exact) mass is 234 g/mol. The summed E-state index contributed by atoms with van der Waals surface area (Å²) in [6.07, 6.45) is 0.885. The van der Waals surface area contributed by atoms with Gasteiger partial charge in [-0.25, -0.2) is 0 Å². The smallest absolute Gasteiger partial charge is 0.262 e. The Morgan fingerprint density at radius 3 is 2.81 bits per heavy atom. The van der Waals surface area contributed by atoms with Gasteiger partial charge >= 0.3 is 0 Å². The van der Waals surface area contributed by atoms with Gasteiger partial charge in [-0.2, -0.15) is 0 Å². The zero-order valence-corrected chi connectivity index (χ0v) is 10.2. The van der Waals surface area contributed by atoms with Gasteiger partial charge in [0.25, 0.3) is 5.56 Å².